The van der Waals surface area contributed by atoms with Gasteiger partial charge in [-0.2, -0.15) is 8.42 Å². The standard InChI is InChI=1S/C6H6O6S.Na/c7-4-1-3(13(10,11)12)2-5(8)6(4)9;/h1-2,7-9H,(H,10,11,12);/q;+1/p-1. The van der Waals surface area contributed by atoms with Gasteiger partial charge in [0.15, 0.2) is 5.75 Å². The van der Waals surface area contributed by atoms with Gasteiger partial charge in [-0.05, 0) is 6.07 Å². The van der Waals surface area contributed by atoms with Crippen LogP contribution in [0.1, 0.15) is 0 Å². The normalized spacial score (nSPS) is 10.6. The summed E-state index contributed by atoms with van der Waals surface area (Å²) in [6.07, 6.45) is 0. The molecule has 1 rings (SSSR count). The Morgan fingerprint density at radius 3 is 2.07 bits per heavy atom. The van der Waals surface area contributed by atoms with Gasteiger partial charge in [-0.3, -0.25) is 4.55 Å². The molecule has 0 aliphatic heterocycles. The van der Waals surface area contributed by atoms with Crippen LogP contribution in [0.15, 0.2) is 17.0 Å². The fraction of sp³-hybridized carbons (Fsp3) is 0. The molecule has 0 saturated heterocycles. The molecule has 6 nitrogen and oxygen atoms in total. The van der Waals surface area contributed by atoms with E-state index in [9.17, 15) is 13.5 Å². The van der Waals surface area contributed by atoms with Gasteiger partial charge in [-0.15, -0.1) is 0 Å². The predicted molar refractivity (Wildman–Crippen MR) is 39.0 cm³/mol. The smallest absolute Gasteiger partial charge is 0.870 e. The first-order chi connectivity index (χ1) is 5.82. The molecule has 0 unspecified atom stereocenters. The summed E-state index contributed by atoms with van der Waals surface area (Å²) < 4.78 is 29.4. The van der Waals surface area contributed by atoms with E-state index in [1.165, 1.54) is 0 Å². The van der Waals surface area contributed by atoms with Gasteiger partial charge >= 0.3 is 29.6 Å². The summed E-state index contributed by atoms with van der Waals surface area (Å²) in [6.45, 7) is 0. The quantitative estimate of drug-likeness (QED) is 0.260. The zero-order chi connectivity index (χ0) is 10.2. The van der Waals surface area contributed by atoms with Gasteiger partial charge in [0.1, 0.15) is 5.75 Å². The second kappa shape index (κ2) is 4.37. The Morgan fingerprint density at radius 1 is 1.21 bits per heavy atom. The molecule has 0 heterocycles. The van der Waals surface area contributed by atoms with Crippen molar-refractivity contribution in [2.24, 2.45) is 0 Å². The van der Waals surface area contributed by atoms with Crippen LogP contribution in [-0.2, 0) is 10.1 Å². The van der Waals surface area contributed by atoms with Crippen molar-refractivity contribution in [2.75, 3.05) is 0 Å². The van der Waals surface area contributed by atoms with Crippen LogP contribution in [0.4, 0.5) is 0 Å². The van der Waals surface area contributed by atoms with Gasteiger partial charge in [-0.1, -0.05) is 5.75 Å². The van der Waals surface area contributed by atoms with Crippen LogP contribution in [0.3, 0.4) is 0 Å². The summed E-state index contributed by atoms with van der Waals surface area (Å²) in [5.74, 6) is -2.92. The summed E-state index contributed by atoms with van der Waals surface area (Å²) >= 11 is 0. The maximum absolute atomic E-state index is 10.7. The Labute approximate surface area is 102 Å². The molecule has 0 aromatic heterocycles. The number of rotatable bonds is 1. The van der Waals surface area contributed by atoms with Crippen molar-refractivity contribution in [1.82, 2.24) is 0 Å². The van der Waals surface area contributed by atoms with Crippen molar-refractivity contribution in [3.05, 3.63) is 12.1 Å². The molecule has 3 N–H and O–H groups in total. The van der Waals surface area contributed by atoms with Crippen molar-refractivity contribution in [3.63, 3.8) is 0 Å². The summed E-state index contributed by atoms with van der Waals surface area (Å²) in [5.41, 5.74) is 0. The van der Waals surface area contributed by atoms with Crippen molar-refractivity contribution in [2.45, 2.75) is 4.90 Å². The number of hydrogen-bond acceptors (Lipinski definition) is 5. The van der Waals surface area contributed by atoms with Crippen molar-refractivity contribution < 1.29 is 57.8 Å². The Morgan fingerprint density at radius 2 is 1.71 bits per heavy atom. The molecule has 1 aromatic carbocycles. The minimum atomic E-state index is -4.54. The third-order valence-corrected chi connectivity index (χ3v) is 2.16. The summed E-state index contributed by atoms with van der Waals surface area (Å²) in [4.78, 5) is -0.757. The van der Waals surface area contributed by atoms with E-state index in [1.807, 2.05) is 0 Å². The molecule has 0 radical (unpaired) electrons. The Hall–Kier alpha value is -0.470. The molecule has 0 saturated carbocycles. The van der Waals surface area contributed by atoms with Crippen molar-refractivity contribution >= 4 is 10.1 Å². The average Bonchev–Trinajstić information content (AvgIpc) is 1.97. The zero-order valence-corrected chi connectivity index (χ0v) is 9.95. The van der Waals surface area contributed by atoms with Crippen LogP contribution in [0.2, 0.25) is 0 Å². The van der Waals surface area contributed by atoms with E-state index in [0.29, 0.717) is 12.1 Å². The van der Waals surface area contributed by atoms with Gasteiger partial charge in [0.2, 0.25) is 0 Å². The van der Waals surface area contributed by atoms with E-state index in [0.717, 1.165) is 0 Å². The molecule has 0 bridgehead atoms. The number of aromatic hydroxyl groups is 2. The molecule has 0 aliphatic carbocycles. The van der Waals surface area contributed by atoms with Gasteiger partial charge in [0.05, 0.1) is 4.90 Å². The van der Waals surface area contributed by atoms with E-state index < -0.39 is 32.3 Å². The minimum Gasteiger partial charge on any atom is -0.870 e. The third kappa shape index (κ3) is 2.76. The average molecular weight is 228 g/mol. The monoisotopic (exact) mass is 228 g/mol. The van der Waals surface area contributed by atoms with Gasteiger partial charge in [0.25, 0.3) is 10.1 Å². The van der Waals surface area contributed by atoms with E-state index in [-0.39, 0.29) is 29.6 Å². The molecule has 0 atom stereocenters. The van der Waals surface area contributed by atoms with Gasteiger partial charge in [0, 0.05) is 6.07 Å². The second-order valence-electron chi connectivity index (χ2n) is 2.26. The minimum absolute atomic E-state index is 0. The number of phenolic OH excluding ortho intramolecular Hbond substituents is 2. The van der Waals surface area contributed by atoms with Crippen LogP contribution >= 0.6 is 0 Å². The topological polar surface area (TPSA) is 118 Å². The first-order valence-electron chi connectivity index (χ1n) is 3.03. The van der Waals surface area contributed by atoms with E-state index in [1.54, 1.807) is 0 Å². The third-order valence-electron chi connectivity index (χ3n) is 1.33. The maximum atomic E-state index is 10.7. The first-order valence-corrected chi connectivity index (χ1v) is 4.47. The van der Waals surface area contributed by atoms with Crippen molar-refractivity contribution in [3.8, 4) is 17.2 Å². The molecular weight excluding hydrogens is 223 g/mol. The van der Waals surface area contributed by atoms with Crippen LogP contribution in [-0.4, -0.2) is 23.2 Å². The summed E-state index contributed by atoms with van der Waals surface area (Å²) in [5, 5.41) is 28.3. The van der Waals surface area contributed by atoms with Crippen LogP contribution < -0.4 is 34.7 Å². The number of hydrogen-bond donors (Lipinski definition) is 3. The van der Waals surface area contributed by atoms with Crippen LogP contribution in [0.25, 0.3) is 0 Å². The first kappa shape index (κ1) is 13.5. The van der Waals surface area contributed by atoms with Gasteiger partial charge < -0.3 is 15.3 Å². The molecule has 72 valence electrons. The van der Waals surface area contributed by atoms with Crippen molar-refractivity contribution in [1.29, 1.82) is 0 Å². The van der Waals surface area contributed by atoms with E-state index in [2.05, 4.69) is 0 Å². The van der Waals surface area contributed by atoms with Crippen LogP contribution in [0.5, 0.6) is 17.2 Å². The fourth-order valence-corrected chi connectivity index (χ4v) is 1.23. The SMILES string of the molecule is O=S(=O)(O)c1cc([O-])c(O)c(O)c1.[Na+]. The number of phenols is 2. The Balaban J connectivity index is 0.00000169. The molecule has 0 aliphatic rings. The van der Waals surface area contributed by atoms with Crippen LogP contribution in [0, 0.1) is 0 Å². The summed E-state index contributed by atoms with van der Waals surface area (Å²) in [7, 11) is -4.54. The number of benzene rings is 1. The Bertz CT molecular complexity index is 417. The largest absolute Gasteiger partial charge is 1.00 e. The molecular formula is C6H5NaO6S. The van der Waals surface area contributed by atoms with E-state index >= 15 is 0 Å². The molecule has 0 fully saturated rings. The molecule has 0 amide bonds. The van der Waals surface area contributed by atoms with E-state index in [4.69, 9.17) is 14.8 Å². The zero-order valence-electron chi connectivity index (χ0n) is 7.13. The molecule has 8 heteroatoms. The van der Waals surface area contributed by atoms with Gasteiger partial charge in [-0.25, -0.2) is 0 Å². The molecule has 14 heavy (non-hydrogen) atoms. The predicted octanol–water partition coefficient (Wildman–Crippen LogP) is -3.58. The summed E-state index contributed by atoms with van der Waals surface area (Å²) in [6, 6.07) is 1.08. The fourth-order valence-electron chi connectivity index (χ4n) is 0.717. The maximum Gasteiger partial charge on any atom is 1.00 e. The molecule has 1 aromatic rings. The molecule has 0 spiro atoms. The second-order valence-corrected chi connectivity index (χ2v) is 3.69. The Kier molecular flexibility index (Phi) is 4.22.